The van der Waals surface area contributed by atoms with Crippen LogP contribution in [0.15, 0.2) is 42.1 Å². The van der Waals surface area contributed by atoms with Crippen molar-refractivity contribution in [1.29, 1.82) is 0 Å². The Hall–Kier alpha value is -1.80. The number of hydrogen-bond donors (Lipinski definition) is 1. The molecule has 1 N–H and O–H groups in total. The number of ether oxygens (including phenoxy) is 1. The molecular weight excluding hydrogens is 620 g/mol. The zero-order chi connectivity index (χ0) is 28.7. The van der Waals surface area contributed by atoms with Crippen molar-refractivity contribution in [2.24, 2.45) is 0 Å². The topological polar surface area (TPSA) is 54.5 Å². The number of halogens is 4. The van der Waals surface area contributed by atoms with E-state index in [4.69, 9.17) is 56.1 Å². The third-order valence-corrected chi connectivity index (χ3v) is 10.5. The van der Waals surface area contributed by atoms with Crippen LogP contribution in [-0.2, 0) is 17.8 Å². The van der Waals surface area contributed by atoms with Gasteiger partial charge in [-0.05, 0) is 80.3 Å². The number of benzene rings is 2. The third kappa shape index (κ3) is 6.43. The molecule has 2 fully saturated rings. The van der Waals surface area contributed by atoms with Crippen molar-refractivity contribution in [3.8, 4) is 5.75 Å². The predicted octanol–water partition coefficient (Wildman–Crippen LogP) is 8.55. The van der Waals surface area contributed by atoms with E-state index in [0.29, 0.717) is 45.0 Å². The van der Waals surface area contributed by atoms with E-state index >= 15 is 0 Å². The molecule has 5 nitrogen and oxygen atoms in total. The predicted molar refractivity (Wildman–Crippen MR) is 169 cm³/mol. The van der Waals surface area contributed by atoms with E-state index in [9.17, 15) is 4.79 Å². The standard InChI is InChI=1S/C31H31Cl4N3O2S/c1-17-12-23(33)30(24(34)13-17)40-11-3-6-27-36-15-26(41-27)21-14-19-7-10-25(37-19)28(21)31(39)38(20-8-9-20)16-18-4-2-5-22(32)29(18)35/h2,4-5,12-13,15,19-20,25,37H,3,6-11,14,16H2,1H3/t19-,25+/m0/s1. The summed E-state index contributed by atoms with van der Waals surface area (Å²) in [6.45, 7) is 2.89. The number of aryl methyl sites for hydroxylation is 2. The van der Waals surface area contributed by atoms with Crippen LogP contribution < -0.4 is 10.1 Å². The van der Waals surface area contributed by atoms with E-state index in [1.54, 1.807) is 17.4 Å². The molecule has 2 aromatic carbocycles. The van der Waals surface area contributed by atoms with Gasteiger partial charge in [-0.1, -0.05) is 58.5 Å². The Kier molecular flexibility index (Phi) is 8.88. The largest absolute Gasteiger partial charge is 0.490 e. The molecule has 1 saturated heterocycles. The Balaban J connectivity index is 1.19. The van der Waals surface area contributed by atoms with Crippen molar-refractivity contribution in [1.82, 2.24) is 15.2 Å². The highest BCUT2D eigenvalue weighted by Gasteiger charge is 2.42. The van der Waals surface area contributed by atoms with E-state index in [2.05, 4.69) is 5.32 Å². The highest BCUT2D eigenvalue weighted by molar-refractivity contribution is 7.12. The van der Waals surface area contributed by atoms with Crippen molar-refractivity contribution in [2.45, 2.75) is 76.5 Å². The molecule has 0 radical (unpaired) electrons. The average Bonchev–Trinajstić information content (AvgIpc) is 3.55. The molecule has 216 valence electrons. The maximum Gasteiger partial charge on any atom is 0.252 e. The first-order valence-corrected chi connectivity index (χ1v) is 16.4. The van der Waals surface area contributed by atoms with Crippen molar-refractivity contribution in [3.63, 3.8) is 0 Å². The molecule has 2 atom stereocenters. The summed E-state index contributed by atoms with van der Waals surface area (Å²) in [4.78, 5) is 22.1. The number of carbonyl (C=O) groups excluding carboxylic acids is 1. The van der Waals surface area contributed by atoms with Crippen LogP contribution in [0, 0.1) is 6.92 Å². The fraction of sp³-hybridized carbons (Fsp3) is 0.419. The van der Waals surface area contributed by atoms with Crippen molar-refractivity contribution >= 4 is 69.2 Å². The maximum absolute atomic E-state index is 14.3. The van der Waals surface area contributed by atoms with Gasteiger partial charge in [0.15, 0.2) is 5.75 Å². The molecular formula is C31H31Cl4N3O2S. The molecule has 3 aliphatic rings. The van der Waals surface area contributed by atoms with Gasteiger partial charge in [-0.2, -0.15) is 0 Å². The molecule has 1 saturated carbocycles. The molecule has 1 aliphatic carbocycles. The molecule has 3 aromatic rings. The summed E-state index contributed by atoms with van der Waals surface area (Å²) in [5.41, 5.74) is 3.91. The van der Waals surface area contributed by atoms with Crippen LogP contribution in [-0.4, -0.2) is 40.5 Å². The summed E-state index contributed by atoms with van der Waals surface area (Å²) in [7, 11) is 0. The average molecular weight is 651 g/mol. The van der Waals surface area contributed by atoms with Crippen LogP contribution in [0.25, 0.3) is 5.57 Å². The number of hydrogen-bond acceptors (Lipinski definition) is 5. The quantitative estimate of drug-likeness (QED) is 0.223. The monoisotopic (exact) mass is 649 g/mol. The number of rotatable bonds is 10. The lowest BCUT2D eigenvalue weighted by molar-refractivity contribution is -0.128. The SMILES string of the molecule is Cc1cc(Cl)c(OCCCc2ncc(C3=C(C(=O)N(Cc4cccc(Cl)c4Cl)C4CC4)[C@H]4CC[C@@H](C3)N4)s2)c(Cl)c1. The number of thiazole rings is 1. The second-order valence-corrected chi connectivity index (χ2v) is 13.8. The molecule has 2 bridgehead atoms. The van der Waals surface area contributed by atoms with E-state index < -0.39 is 0 Å². The van der Waals surface area contributed by atoms with E-state index in [0.717, 1.165) is 77.1 Å². The van der Waals surface area contributed by atoms with Gasteiger partial charge in [0.1, 0.15) is 0 Å². The zero-order valence-electron chi connectivity index (χ0n) is 22.7. The molecule has 3 heterocycles. The summed E-state index contributed by atoms with van der Waals surface area (Å²) in [6, 6.07) is 10.0. The summed E-state index contributed by atoms with van der Waals surface area (Å²) in [5, 5.41) is 6.79. The number of carbonyl (C=O) groups is 1. The van der Waals surface area contributed by atoms with Gasteiger partial charge < -0.3 is 15.0 Å². The van der Waals surface area contributed by atoms with Crippen LogP contribution in [0.1, 0.15) is 59.5 Å². The highest BCUT2D eigenvalue weighted by Crippen LogP contribution is 2.42. The minimum atomic E-state index is 0.0651. The Morgan fingerprint density at radius 3 is 2.63 bits per heavy atom. The summed E-state index contributed by atoms with van der Waals surface area (Å²) < 4.78 is 5.90. The van der Waals surface area contributed by atoms with E-state index in [-0.39, 0.29) is 18.0 Å². The minimum absolute atomic E-state index is 0.0651. The van der Waals surface area contributed by atoms with Gasteiger partial charge in [0, 0.05) is 42.9 Å². The number of nitrogens with one attached hydrogen (secondary N) is 1. The van der Waals surface area contributed by atoms with Gasteiger partial charge >= 0.3 is 0 Å². The fourth-order valence-corrected chi connectivity index (χ4v) is 7.95. The third-order valence-electron chi connectivity index (χ3n) is 7.99. The van der Waals surface area contributed by atoms with Gasteiger partial charge in [-0.3, -0.25) is 4.79 Å². The van der Waals surface area contributed by atoms with Gasteiger partial charge in [0.2, 0.25) is 0 Å². The lowest BCUT2D eigenvalue weighted by atomic mass is 9.93. The number of aromatic nitrogens is 1. The van der Waals surface area contributed by atoms with Gasteiger partial charge in [-0.25, -0.2) is 4.98 Å². The smallest absolute Gasteiger partial charge is 0.252 e. The van der Waals surface area contributed by atoms with Gasteiger partial charge in [0.05, 0.1) is 36.6 Å². The number of fused-ring (bicyclic) bond motifs is 2. The van der Waals surface area contributed by atoms with Gasteiger partial charge in [-0.15, -0.1) is 11.3 Å². The van der Waals surface area contributed by atoms with Crippen LogP contribution in [0.5, 0.6) is 5.75 Å². The highest BCUT2D eigenvalue weighted by atomic mass is 35.5. The Labute approximate surface area is 264 Å². The van der Waals surface area contributed by atoms with Crippen LogP contribution in [0.2, 0.25) is 20.1 Å². The van der Waals surface area contributed by atoms with Crippen molar-refractivity contribution < 1.29 is 9.53 Å². The Bertz CT molecular complexity index is 1480. The fourth-order valence-electron chi connectivity index (χ4n) is 5.84. The van der Waals surface area contributed by atoms with Crippen molar-refractivity contribution in [3.05, 3.63) is 83.2 Å². The molecule has 6 rings (SSSR count). The second-order valence-electron chi connectivity index (χ2n) is 11.1. The van der Waals surface area contributed by atoms with Crippen LogP contribution >= 0.6 is 57.7 Å². The second kappa shape index (κ2) is 12.4. The lowest BCUT2D eigenvalue weighted by Gasteiger charge is -2.31. The van der Waals surface area contributed by atoms with E-state index in [1.165, 1.54) is 0 Å². The molecule has 1 amide bonds. The summed E-state index contributed by atoms with van der Waals surface area (Å²) in [5.74, 6) is 0.628. The molecule has 0 unspecified atom stereocenters. The maximum atomic E-state index is 14.3. The first-order valence-electron chi connectivity index (χ1n) is 14.0. The molecule has 2 aliphatic heterocycles. The summed E-state index contributed by atoms with van der Waals surface area (Å²) in [6.07, 6.45) is 8.40. The summed E-state index contributed by atoms with van der Waals surface area (Å²) >= 11 is 27.1. The molecule has 41 heavy (non-hydrogen) atoms. The Morgan fingerprint density at radius 1 is 1.10 bits per heavy atom. The van der Waals surface area contributed by atoms with Crippen molar-refractivity contribution in [2.75, 3.05) is 6.61 Å². The van der Waals surface area contributed by atoms with E-state index in [1.807, 2.05) is 42.3 Å². The number of nitrogens with zero attached hydrogens (tertiary/aromatic N) is 2. The molecule has 10 heteroatoms. The van der Waals surface area contributed by atoms with Crippen LogP contribution in [0.3, 0.4) is 0 Å². The van der Waals surface area contributed by atoms with Crippen LogP contribution in [0.4, 0.5) is 0 Å². The first-order chi connectivity index (χ1) is 19.8. The molecule has 1 aromatic heterocycles. The normalized spacial score (nSPS) is 20.0. The minimum Gasteiger partial charge on any atom is -0.490 e. The first kappa shape index (κ1) is 29.3. The lowest BCUT2D eigenvalue weighted by Crippen LogP contribution is -2.44. The zero-order valence-corrected chi connectivity index (χ0v) is 26.5. The molecule has 0 spiro atoms. The van der Waals surface area contributed by atoms with Gasteiger partial charge in [0.25, 0.3) is 5.91 Å². The Morgan fingerprint density at radius 2 is 1.88 bits per heavy atom. The number of amides is 1.